The summed E-state index contributed by atoms with van der Waals surface area (Å²) < 4.78 is 11.1. The number of amides is 1. The van der Waals surface area contributed by atoms with Gasteiger partial charge >= 0.3 is 0 Å². The number of carbonyl (C=O) groups excluding carboxylic acids is 1. The molecule has 0 fully saturated rings. The lowest BCUT2D eigenvalue weighted by atomic mass is 10.2. The quantitative estimate of drug-likeness (QED) is 0.643. The Labute approximate surface area is 147 Å². The van der Waals surface area contributed by atoms with Crippen molar-refractivity contribution in [2.45, 2.75) is 32.7 Å². The molecule has 25 heavy (non-hydrogen) atoms. The predicted molar refractivity (Wildman–Crippen MR) is 94.8 cm³/mol. The summed E-state index contributed by atoms with van der Waals surface area (Å²) in [4.78, 5) is 18.9. The zero-order chi connectivity index (χ0) is 18.1. The van der Waals surface area contributed by atoms with Crippen LogP contribution in [0.1, 0.15) is 42.2 Å². The van der Waals surface area contributed by atoms with Crippen LogP contribution in [0.3, 0.4) is 0 Å². The summed E-state index contributed by atoms with van der Waals surface area (Å²) in [5.74, 6) is 0.758. The van der Waals surface area contributed by atoms with Crippen LogP contribution in [0.2, 0.25) is 0 Å². The monoisotopic (exact) mass is 344 g/mol. The maximum absolute atomic E-state index is 11.0. The lowest BCUT2D eigenvalue weighted by Gasteiger charge is -2.12. The second-order valence-corrected chi connectivity index (χ2v) is 5.58. The number of aromatic nitrogens is 2. The largest absolute Gasteiger partial charge is 0.493 e. The molecule has 3 N–H and O–H groups in total. The van der Waals surface area contributed by atoms with E-state index in [1.165, 1.54) is 31.7 Å². The summed E-state index contributed by atoms with van der Waals surface area (Å²) in [6.45, 7) is 3.96. The number of nitrogens with zero attached hydrogens (tertiary/aromatic N) is 2. The molecule has 1 heterocycles. The maximum Gasteiger partial charge on any atom is 0.268 e. The Hall–Kier alpha value is -2.67. The Bertz CT molecular complexity index is 689. The van der Waals surface area contributed by atoms with E-state index in [0.29, 0.717) is 11.5 Å². The number of nitrogens with two attached hydrogens (primary N) is 1. The SMILES string of the molecule is CCCCCNCc1ccc(Oc2cnc(C(N)=O)cn2)c(OC)c1. The van der Waals surface area contributed by atoms with Crippen molar-refractivity contribution >= 4 is 5.91 Å². The number of carbonyl (C=O) groups is 1. The molecule has 0 atom stereocenters. The Kier molecular flexibility index (Phi) is 7.16. The molecule has 0 aliphatic heterocycles. The zero-order valence-corrected chi connectivity index (χ0v) is 14.6. The predicted octanol–water partition coefficient (Wildman–Crippen LogP) is 2.66. The van der Waals surface area contributed by atoms with E-state index in [-0.39, 0.29) is 11.6 Å². The highest BCUT2D eigenvalue weighted by Gasteiger charge is 2.09. The third-order valence-electron chi connectivity index (χ3n) is 3.61. The van der Waals surface area contributed by atoms with E-state index < -0.39 is 5.91 Å². The van der Waals surface area contributed by atoms with Gasteiger partial charge in [-0.2, -0.15) is 0 Å². The van der Waals surface area contributed by atoms with Crippen molar-refractivity contribution in [3.05, 3.63) is 41.9 Å². The van der Waals surface area contributed by atoms with Gasteiger partial charge < -0.3 is 20.5 Å². The van der Waals surface area contributed by atoms with Gasteiger partial charge in [-0.3, -0.25) is 4.79 Å². The van der Waals surface area contributed by atoms with Crippen LogP contribution in [-0.4, -0.2) is 29.5 Å². The lowest BCUT2D eigenvalue weighted by molar-refractivity contribution is 0.0995. The van der Waals surface area contributed by atoms with E-state index >= 15 is 0 Å². The Balaban J connectivity index is 1.99. The molecule has 0 unspecified atom stereocenters. The van der Waals surface area contributed by atoms with E-state index in [4.69, 9.17) is 15.2 Å². The van der Waals surface area contributed by atoms with Crippen molar-refractivity contribution in [1.82, 2.24) is 15.3 Å². The first-order chi connectivity index (χ1) is 12.1. The number of primary amides is 1. The van der Waals surface area contributed by atoms with E-state index in [9.17, 15) is 4.79 Å². The molecule has 0 aliphatic rings. The third kappa shape index (κ3) is 5.72. The summed E-state index contributed by atoms with van der Waals surface area (Å²) in [7, 11) is 1.59. The Morgan fingerprint density at radius 2 is 2.04 bits per heavy atom. The fourth-order valence-corrected chi connectivity index (χ4v) is 2.25. The molecular weight excluding hydrogens is 320 g/mol. The molecule has 7 heteroatoms. The molecule has 0 saturated carbocycles. The van der Waals surface area contributed by atoms with Crippen molar-refractivity contribution in [3.63, 3.8) is 0 Å². The van der Waals surface area contributed by atoms with Crippen molar-refractivity contribution in [1.29, 1.82) is 0 Å². The molecule has 1 aromatic heterocycles. The molecular formula is C18H24N4O3. The van der Waals surface area contributed by atoms with Gasteiger partial charge in [-0.05, 0) is 30.7 Å². The van der Waals surface area contributed by atoms with Gasteiger partial charge in [-0.25, -0.2) is 9.97 Å². The smallest absolute Gasteiger partial charge is 0.268 e. The Morgan fingerprint density at radius 3 is 2.68 bits per heavy atom. The minimum absolute atomic E-state index is 0.0869. The van der Waals surface area contributed by atoms with Crippen LogP contribution in [-0.2, 0) is 6.54 Å². The van der Waals surface area contributed by atoms with Crippen LogP contribution >= 0.6 is 0 Å². The first kappa shape index (κ1) is 18.7. The summed E-state index contributed by atoms with van der Waals surface area (Å²) >= 11 is 0. The molecule has 0 spiro atoms. The van der Waals surface area contributed by atoms with Crippen molar-refractivity contribution in [2.75, 3.05) is 13.7 Å². The molecule has 1 amide bonds. The van der Waals surface area contributed by atoms with Crippen molar-refractivity contribution < 1.29 is 14.3 Å². The number of unbranched alkanes of at least 4 members (excludes halogenated alkanes) is 2. The van der Waals surface area contributed by atoms with Crippen LogP contribution < -0.4 is 20.5 Å². The van der Waals surface area contributed by atoms with E-state index in [1.807, 2.05) is 18.2 Å². The number of methoxy groups -OCH3 is 1. The summed E-state index contributed by atoms with van der Waals surface area (Å²) in [6, 6.07) is 5.72. The van der Waals surface area contributed by atoms with Crippen LogP contribution in [0.4, 0.5) is 0 Å². The average Bonchev–Trinajstić information content (AvgIpc) is 2.63. The fraction of sp³-hybridized carbons (Fsp3) is 0.389. The van der Waals surface area contributed by atoms with E-state index in [0.717, 1.165) is 18.7 Å². The van der Waals surface area contributed by atoms with Gasteiger partial charge in [-0.15, -0.1) is 0 Å². The standard InChI is InChI=1S/C18H24N4O3/c1-3-4-5-8-20-10-13-6-7-15(16(9-13)24-2)25-17-12-21-14(11-22-17)18(19)23/h6-7,9,11-12,20H,3-5,8,10H2,1-2H3,(H2,19,23). The highest BCUT2D eigenvalue weighted by atomic mass is 16.5. The first-order valence-electron chi connectivity index (χ1n) is 8.31. The van der Waals surface area contributed by atoms with Crippen LogP contribution in [0, 0.1) is 0 Å². The molecule has 7 nitrogen and oxygen atoms in total. The molecule has 1 aromatic carbocycles. The van der Waals surface area contributed by atoms with Gasteiger partial charge in [0.15, 0.2) is 11.5 Å². The van der Waals surface area contributed by atoms with E-state index in [2.05, 4.69) is 22.2 Å². The average molecular weight is 344 g/mol. The minimum Gasteiger partial charge on any atom is -0.493 e. The molecule has 0 saturated heterocycles. The van der Waals surface area contributed by atoms with Crippen LogP contribution in [0.15, 0.2) is 30.6 Å². The number of rotatable bonds is 10. The zero-order valence-electron chi connectivity index (χ0n) is 14.6. The van der Waals surface area contributed by atoms with E-state index in [1.54, 1.807) is 7.11 Å². The fourth-order valence-electron chi connectivity index (χ4n) is 2.25. The molecule has 2 aromatic rings. The maximum atomic E-state index is 11.0. The highest BCUT2D eigenvalue weighted by molar-refractivity contribution is 5.90. The molecule has 0 aliphatic carbocycles. The number of hydrogen-bond acceptors (Lipinski definition) is 6. The molecule has 0 bridgehead atoms. The van der Waals surface area contributed by atoms with Crippen molar-refractivity contribution in [2.24, 2.45) is 5.73 Å². The van der Waals surface area contributed by atoms with Gasteiger partial charge in [-0.1, -0.05) is 25.8 Å². The lowest BCUT2D eigenvalue weighted by Crippen LogP contribution is -2.14. The van der Waals surface area contributed by atoms with Gasteiger partial charge in [0.25, 0.3) is 5.91 Å². The molecule has 2 rings (SSSR count). The summed E-state index contributed by atoms with van der Waals surface area (Å²) in [5.41, 5.74) is 6.33. The van der Waals surface area contributed by atoms with Crippen LogP contribution in [0.25, 0.3) is 0 Å². The highest BCUT2D eigenvalue weighted by Crippen LogP contribution is 2.31. The van der Waals surface area contributed by atoms with Gasteiger partial charge in [0.1, 0.15) is 5.69 Å². The third-order valence-corrected chi connectivity index (χ3v) is 3.61. The van der Waals surface area contributed by atoms with Crippen LogP contribution in [0.5, 0.6) is 17.4 Å². The minimum atomic E-state index is -0.632. The Morgan fingerprint density at radius 1 is 1.20 bits per heavy atom. The van der Waals surface area contributed by atoms with Gasteiger partial charge in [0.05, 0.1) is 19.5 Å². The summed E-state index contributed by atoms with van der Waals surface area (Å²) in [5, 5.41) is 3.41. The first-order valence-corrected chi connectivity index (χ1v) is 8.31. The second-order valence-electron chi connectivity index (χ2n) is 5.58. The molecule has 0 radical (unpaired) electrons. The number of benzene rings is 1. The topological polar surface area (TPSA) is 99.4 Å². The normalized spacial score (nSPS) is 10.5. The number of nitrogens with one attached hydrogen (secondary N) is 1. The van der Waals surface area contributed by atoms with Gasteiger partial charge in [0, 0.05) is 6.54 Å². The number of ether oxygens (including phenoxy) is 2. The summed E-state index contributed by atoms with van der Waals surface area (Å²) in [6.07, 6.45) is 6.25. The second kappa shape index (κ2) is 9.58. The van der Waals surface area contributed by atoms with Gasteiger partial charge in [0.2, 0.25) is 5.88 Å². The van der Waals surface area contributed by atoms with Crippen molar-refractivity contribution in [3.8, 4) is 17.4 Å². The molecule has 134 valence electrons. The number of hydrogen-bond donors (Lipinski definition) is 2.